The molecule has 0 spiro atoms. The maximum absolute atomic E-state index is 13.2. The van der Waals surface area contributed by atoms with Crippen LogP contribution >= 0.6 is 11.6 Å². The van der Waals surface area contributed by atoms with Crippen LogP contribution in [-0.2, 0) is 21.4 Å². The number of sulfonamides is 1. The summed E-state index contributed by atoms with van der Waals surface area (Å²) in [5.41, 5.74) is 1.29. The second-order valence-corrected chi connectivity index (χ2v) is 8.46. The van der Waals surface area contributed by atoms with Gasteiger partial charge in [0.05, 0.1) is 23.4 Å². The van der Waals surface area contributed by atoms with Gasteiger partial charge in [-0.15, -0.1) is 0 Å². The van der Waals surface area contributed by atoms with Gasteiger partial charge in [0.15, 0.2) is 0 Å². The summed E-state index contributed by atoms with van der Waals surface area (Å²) in [6.07, 6.45) is 1.51. The van der Waals surface area contributed by atoms with Crippen LogP contribution in [0.2, 0.25) is 5.02 Å². The Morgan fingerprint density at radius 3 is 2.50 bits per heavy atom. The van der Waals surface area contributed by atoms with Crippen LogP contribution in [0.5, 0.6) is 0 Å². The molecule has 0 fully saturated rings. The van der Waals surface area contributed by atoms with Crippen LogP contribution in [0.15, 0.2) is 76.2 Å². The van der Waals surface area contributed by atoms with Crippen molar-refractivity contribution in [1.29, 1.82) is 0 Å². The minimum Gasteiger partial charge on any atom is -0.467 e. The lowest BCUT2D eigenvalue weighted by molar-refractivity contribution is -0.119. The van der Waals surface area contributed by atoms with E-state index in [-0.39, 0.29) is 18.0 Å². The molecule has 3 aromatic rings. The number of hydrogen-bond acceptors (Lipinski definition) is 4. The normalized spacial score (nSPS) is 11.2. The van der Waals surface area contributed by atoms with E-state index in [9.17, 15) is 13.2 Å². The van der Waals surface area contributed by atoms with Gasteiger partial charge in [-0.3, -0.25) is 9.10 Å². The molecule has 2 aromatic carbocycles. The lowest BCUT2D eigenvalue weighted by Gasteiger charge is -2.24. The monoisotopic (exact) mass is 418 g/mol. The number of hydrogen-bond donors (Lipinski definition) is 1. The van der Waals surface area contributed by atoms with Gasteiger partial charge in [-0.1, -0.05) is 23.7 Å². The van der Waals surface area contributed by atoms with E-state index in [4.69, 9.17) is 16.0 Å². The largest absolute Gasteiger partial charge is 0.467 e. The zero-order chi connectivity index (χ0) is 20.1. The van der Waals surface area contributed by atoms with Gasteiger partial charge in [-0.05, 0) is 61.0 Å². The van der Waals surface area contributed by atoms with Crippen LogP contribution in [0, 0.1) is 6.92 Å². The molecule has 6 nitrogen and oxygen atoms in total. The van der Waals surface area contributed by atoms with Crippen LogP contribution in [-0.4, -0.2) is 20.9 Å². The molecule has 0 unspecified atom stereocenters. The van der Waals surface area contributed by atoms with Gasteiger partial charge in [-0.2, -0.15) is 0 Å². The van der Waals surface area contributed by atoms with Crippen molar-refractivity contribution >= 4 is 33.2 Å². The minimum absolute atomic E-state index is 0.0530. The highest BCUT2D eigenvalue weighted by Gasteiger charge is 2.27. The van der Waals surface area contributed by atoms with Crippen molar-refractivity contribution in [2.24, 2.45) is 0 Å². The van der Waals surface area contributed by atoms with E-state index in [1.54, 1.807) is 30.3 Å². The van der Waals surface area contributed by atoms with Crippen molar-refractivity contribution in [3.05, 3.63) is 83.3 Å². The first-order valence-corrected chi connectivity index (χ1v) is 10.3. The Kier molecular flexibility index (Phi) is 6.06. The van der Waals surface area contributed by atoms with E-state index < -0.39 is 15.9 Å². The molecule has 1 aromatic heterocycles. The van der Waals surface area contributed by atoms with Crippen LogP contribution in [0.3, 0.4) is 0 Å². The molecule has 0 atom stereocenters. The molecule has 0 aliphatic rings. The van der Waals surface area contributed by atoms with Crippen LogP contribution in [0.25, 0.3) is 0 Å². The molecule has 0 radical (unpaired) electrons. The third kappa shape index (κ3) is 4.74. The predicted molar refractivity (Wildman–Crippen MR) is 108 cm³/mol. The first-order valence-electron chi connectivity index (χ1n) is 8.50. The van der Waals surface area contributed by atoms with Crippen LogP contribution < -0.4 is 9.62 Å². The number of nitrogens with one attached hydrogen (secondary N) is 1. The number of halogens is 1. The number of furan rings is 1. The lowest BCUT2D eigenvalue weighted by Crippen LogP contribution is -2.40. The summed E-state index contributed by atoms with van der Waals surface area (Å²) in [4.78, 5) is 12.5. The maximum Gasteiger partial charge on any atom is 0.264 e. The summed E-state index contributed by atoms with van der Waals surface area (Å²) in [7, 11) is -3.96. The number of rotatable bonds is 7. The van der Waals surface area contributed by atoms with Gasteiger partial charge < -0.3 is 9.73 Å². The summed E-state index contributed by atoms with van der Waals surface area (Å²) in [6, 6.07) is 16.2. The molecule has 28 heavy (non-hydrogen) atoms. The minimum atomic E-state index is -3.96. The number of aryl methyl sites for hydroxylation is 1. The van der Waals surface area contributed by atoms with E-state index in [0.29, 0.717) is 16.5 Å². The standard InChI is InChI=1S/C20H19ClN2O4S/c1-15-4-2-5-17(12-15)23(14-20(24)22-13-18-6-3-11-27-18)28(25,26)19-9-7-16(21)8-10-19/h2-12H,13-14H2,1H3,(H,22,24). The fourth-order valence-electron chi connectivity index (χ4n) is 2.62. The molecule has 146 valence electrons. The third-order valence-corrected chi connectivity index (χ3v) is 6.06. The first-order chi connectivity index (χ1) is 13.4. The molecular weight excluding hydrogens is 400 g/mol. The number of carbonyl (C=O) groups excluding carboxylic acids is 1. The highest BCUT2D eigenvalue weighted by Crippen LogP contribution is 2.25. The van der Waals surface area contributed by atoms with E-state index in [1.165, 1.54) is 30.5 Å². The molecule has 1 amide bonds. The van der Waals surface area contributed by atoms with Gasteiger partial charge in [0.1, 0.15) is 12.3 Å². The van der Waals surface area contributed by atoms with Crippen LogP contribution in [0.1, 0.15) is 11.3 Å². The summed E-state index contributed by atoms with van der Waals surface area (Å²) >= 11 is 5.87. The fourth-order valence-corrected chi connectivity index (χ4v) is 4.16. The molecule has 3 rings (SSSR count). The molecule has 1 N–H and O–H groups in total. The third-order valence-electron chi connectivity index (χ3n) is 4.02. The van der Waals surface area contributed by atoms with Gasteiger partial charge in [0.25, 0.3) is 10.0 Å². The van der Waals surface area contributed by atoms with E-state index in [0.717, 1.165) is 9.87 Å². The highest BCUT2D eigenvalue weighted by molar-refractivity contribution is 7.92. The van der Waals surface area contributed by atoms with Crippen molar-refractivity contribution in [1.82, 2.24) is 5.32 Å². The summed E-state index contributed by atoms with van der Waals surface area (Å²) < 4.78 is 32.7. The van der Waals surface area contributed by atoms with Crippen molar-refractivity contribution < 1.29 is 17.6 Å². The maximum atomic E-state index is 13.2. The topological polar surface area (TPSA) is 79.6 Å². The Bertz CT molecular complexity index is 1050. The molecule has 0 saturated carbocycles. The van der Waals surface area contributed by atoms with E-state index in [2.05, 4.69) is 5.32 Å². The highest BCUT2D eigenvalue weighted by atomic mass is 35.5. The van der Waals surface area contributed by atoms with Gasteiger partial charge in [0, 0.05) is 5.02 Å². The summed E-state index contributed by atoms with van der Waals surface area (Å²) in [5, 5.41) is 3.10. The Labute approximate surface area is 168 Å². The second kappa shape index (κ2) is 8.50. The number of anilines is 1. The van der Waals surface area contributed by atoms with Crippen molar-refractivity contribution in [2.45, 2.75) is 18.4 Å². The molecule has 0 saturated heterocycles. The first kappa shape index (κ1) is 20.0. The number of nitrogens with zero attached hydrogens (tertiary/aromatic N) is 1. The van der Waals surface area contributed by atoms with E-state index in [1.807, 2.05) is 13.0 Å². The fraction of sp³-hybridized carbons (Fsp3) is 0.150. The SMILES string of the molecule is Cc1cccc(N(CC(=O)NCc2ccco2)S(=O)(=O)c2ccc(Cl)cc2)c1. The van der Waals surface area contributed by atoms with Crippen LogP contribution in [0.4, 0.5) is 5.69 Å². The number of carbonyl (C=O) groups is 1. The molecule has 8 heteroatoms. The molecule has 1 heterocycles. The molecule has 0 bridgehead atoms. The number of benzene rings is 2. The second-order valence-electron chi connectivity index (χ2n) is 6.16. The Morgan fingerprint density at radius 2 is 1.86 bits per heavy atom. The molecular formula is C20H19ClN2O4S. The van der Waals surface area contributed by atoms with Gasteiger partial charge >= 0.3 is 0 Å². The quantitative estimate of drug-likeness (QED) is 0.633. The average Bonchev–Trinajstić information content (AvgIpc) is 3.18. The van der Waals surface area contributed by atoms with Gasteiger partial charge in [0.2, 0.25) is 5.91 Å². The van der Waals surface area contributed by atoms with Crippen molar-refractivity contribution in [3.8, 4) is 0 Å². The molecule has 0 aliphatic carbocycles. The Hall–Kier alpha value is -2.77. The van der Waals surface area contributed by atoms with E-state index >= 15 is 0 Å². The van der Waals surface area contributed by atoms with Crippen molar-refractivity contribution in [2.75, 3.05) is 10.8 Å². The smallest absolute Gasteiger partial charge is 0.264 e. The van der Waals surface area contributed by atoms with Crippen molar-refractivity contribution in [3.63, 3.8) is 0 Å². The zero-order valence-electron chi connectivity index (χ0n) is 15.1. The zero-order valence-corrected chi connectivity index (χ0v) is 16.7. The summed E-state index contributed by atoms with van der Waals surface area (Å²) in [5.74, 6) is 0.131. The lowest BCUT2D eigenvalue weighted by atomic mass is 10.2. The average molecular weight is 419 g/mol. The number of amides is 1. The van der Waals surface area contributed by atoms with Gasteiger partial charge in [-0.25, -0.2) is 8.42 Å². The predicted octanol–water partition coefficient (Wildman–Crippen LogP) is 3.75. The Morgan fingerprint density at radius 1 is 1.11 bits per heavy atom. The Balaban J connectivity index is 1.88. The molecule has 0 aliphatic heterocycles. The summed E-state index contributed by atoms with van der Waals surface area (Å²) in [6.45, 7) is 1.66.